The number of nitrogens with zero attached hydrogens (tertiary/aromatic N) is 1. The highest BCUT2D eigenvalue weighted by molar-refractivity contribution is 14.1. The molecule has 0 amide bonds. The molecule has 0 saturated carbocycles. The molecule has 104 valence electrons. The van der Waals surface area contributed by atoms with Crippen molar-refractivity contribution in [2.24, 2.45) is 5.11 Å². The maximum Gasteiger partial charge on any atom is 0.155 e. The summed E-state index contributed by atoms with van der Waals surface area (Å²) in [6.07, 6.45) is -0.193. The summed E-state index contributed by atoms with van der Waals surface area (Å²) in [6, 6.07) is 13.6. The fourth-order valence-corrected chi connectivity index (χ4v) is 2.36. The lowest BCUT2D eigenvalue weighted by atomic mass is 10.1. The number of nitrogens with one attached hydrogen (secondary N) is 1. The first-order chi connectivity index (χ1) is 9.74. The SMILES string of the molecule is [NH2+]=Nc1ccccc1NOC(CI)c1ccc(F)cc1. The summed E-state index contributed by atoms with van der Waals surface area (Å²) in [5.41, 5.74) is 10.4. The lowest BCUT2D eigenvalue weighted by molar-refractivity contribution is -0.210. The fourth-order valence-electron chi connectivity index (χ4n) is 1.67. The highest BCUT2D eigenvalue weighted by atomic mass is 127. The molecule has 3 N–H and O–H groups in total. The zero-order chi connectivity index (χ0) is 14.4. The van der Waals surface area contributed by atoms with Gasteiger partial charge in [0.1, 0.15) is 11.9 Å². The van der Waals surface area contributed by atoms with Crippen LogP contribution in [0.25, 0.3) is 0 Å². The van der Waals surface area contributed by atoms with E-state index in [2.05, 4.69) is 33.2 Å². The van der Waals surface area contributed by atoms with Crippen LogP contribution in [0, 0.1) is 5.82 Å². The van der Waals surface area contributed by atoms with Crippen LogP contribution >= 0.6 is 22.6 Å². The normalized spacial score (nSPS) is 11.9. The third kappa shape index (κ3) is 3.73. The number of hydrogen-bond acceptors (Lipinski definition) is 3. The molecule has 0 aliphatic heterocycles. The van der Waals surface area contributed by atoms with Gasteiger partial charge in [0.25, 0.3) is 0 Å². The van der Waals surface area contributed by atoms with E-state index in [9.17, 15) is 4.39 Å². The molecule has 0 bridgehead atoms. The number of alkyl halides is 1. The quantitative estimate of drug-likeness (QED) is 0.347. The first-order valence-electron chi connectivity index (χ1n) is 5.97. The molecule has 4 nitrogen and oxygen atoms in total. The first-order valence-corrected chi connectivity index (χ1v) is 7.50. The van der Waals surface area contributed by atoms with Gasteiger partial charge in [0.2, 0.25) is 0 Å². The van der Waals surface area contributed by atoms with Crippen molar-refractivity contribution >= 4 is 34.0 Å². The molecule has 2 aromatic carbocycles. The van der Waals surface area contributed by atoms with E-state index in [4.69, 9.17) is 10.4 Å². The lowest BCUT2D eigenvalue weighted by Gasteiger charge is -2.17. The molecular weight excluding hydrogens is 372 g/mol. The summed E-state index contributed by atoms with van der Waals surface area (Å²) in [4.78, 5) is 5.65. The number of nitrogens with two attached hydrogens (primary N) is 1. The van der Waals surface area contributed by atoms with Crippen molar-refractivity contribution < 1.29 is 14.8 Å². The third-order valence-corrected chi connectivity index (χ3v) is 3.54. The maximum absolute atomic E-state index is 12.9. The minimum Gasteiger partial charge on any atom is -0.267 e. The number of para-hydroxylation sites is 1. The van der Waals surface area contributed by atoms with Gasteiger partial charge in [0.15, 0.2) is 5.69 Å². The van der Waals surface area contributed by atoms with Gasteiger partial charge in [-0.3, -0.25) is 10.3 Å². The molecule has 0 aromatic heterocycles. The van der Waals surface area contributed by atoms with Crippen LogP contribution in [0.3, 0.4) is 0 Å². The summed E-state index contributed by atoms with van der Waals surface area (Å²) in [5, 5.41) is 3.66. The number of anilines is 1. The Kier molecular flexibility index (Phi) is 5.42. The highest BCUT2D eigenvalue weighted by Gasteiger charge is 2.12. The summed E-state index contributed by atoms with van der Waals surface area (Å²) in [7, 11) is 0. The Hall–Kier alpha value is -1.54. The van der Waals surface area contributed by atoms with Gasteiger partial charge < -0.3 is 0 Å². The van der Waals surface area contributed by atoms with Crippen LogP contribution in [0.15, 0.2) is 53.6 Å². The summed E-state index contributed by atoms with van der Waals surface area (Å²) in [5.74, 6) is -0.263. The zero-order valence-corrected chi connectivity index (χ0v) is 12.7. The molecule has 20 heavy (non-hydrogen) atoms. The fraction of sp³-hybridized carbons (Fsp3) is 0.143. The van der Waals surface area contributed by atoms with Crippen LogP contribution in [0.1, 0.15) is 11.7 Å². The van der Waals surface area contributed by atoms with E-state index < -0.39 is 0 Å². The first kappa shape index (κ1) is 14.9. The molecule has 6 heteroatoms. The van der Waals surface area contributed by atoms with E-state index in [-0.39, 0.29) is 11.9 Å². The molecule has 2 aromatic rings. The Labute approximate surface area is 130 Å². The molecule has 0 radical (unpaired) electrons. The molecule has 0 fully saturated rings. The number of hydrogen-bond donors (Lipinski definition) is 2. The Bertz CT molecular complexity index is 577. The Balaban J connectivity index is 2.07. The summed E-state index contributed by atoms with van der Waals surface area (Å²) >= 11 is 2.22. The van der Waals surface area contributed by atoms with Crippen LogP contribution in [0.4, 0.5) is 15.8 Å². The second-order valence-electron chi connectivity index (χ2n) is 4.06. The Morgan fingerprint density at radius 1 is 1.20 bits per heavy atom. The minimum absolute atomic E-state index is 0.193. The Morgan fingerprint density at radius 3 is 2.55 bits per heavy atom. The van der Waals surface area contributed by atoms with Gasteiger partial charge in [-0.15, -0.1) is 0 Å². The van der Waals surface area contributed by atoms with E-state index >= 15 is 0 Å². The average molecular weight is 386 g/mol. The minimum atomic E-state index is -0.263. The average Bonchev–Trinajstić information content (AvgIpc) is 2.50. The maximum atomic E-state index is 12.9. The van der Waals surface area contributed by atoms with Gasteiger partial charge in [-0.25, -0.2) is 4.39 Å². The van der Waals surface area contributed by atoms with Crippen molar-refractivity contribution in [2.75, 3.05) is 9.91 Å². The van der Waals surface area contributed by atoms with Crippen LogP contribution in [0.5, 0.6) is 0 Å². The predicted molar refractivity (Wildman–Crippen MR) is 83.2 cm³/mol. The van der Waals surface area contributed by atoms with Crippen LogP contribution in [-0.2, 0) is 4.84 Å². The van der Waals surface area contributed by atoms with Crippen molar-refractivity contribution in [3.05, 3.63) is 59.9 Å². The number of benzene rings is 2. The largest absolute Gasteiger partial charge is 0.267 e. The van der Waals surface area contributed by atoms with Crippen molar-refractivity contribution in [2.45, 2.75) is 6.10 Å². The topological polar surface area (TPSA) is 59.2 Å². The van der Waals surface area contributed by atoms with Gasteiger partial charge >= 0.3 is 0 Å². The third-order valence-electron chi connectivity index (χ3n) is 2.74. The molecule has 0 aliphatic rings. The number of rotatable bonds is 6. The van der Waals surface area contributed by atoms with Gasteiger partial charge in [-0.1, -0.05) is 46.9 Å². The van der Waals surface area contributed by atoms with Gasteiger partial charge in [-0.05, 0) is 34.9 Å². The van der Waals surface area contributed by atoms with Crippen molar-refractivity contribution in [3.63, 3.8) is 0 Å². The molecular formula is C14H14FIN3O+. The number of halogens is 2. The predicted octanol–water partition coefficient (Wildman–Crippen LogP) is 3.19. The molecule has 0 saturated heterocycles. The zero-order valence-electron chi connectivity index (χ0n) is 10.6. The van der Waals surface area contributed by atoms with E-state index in [1.54, 1.807) is 18.2 Å². The molecule has 1 unspecified atom stereocenters. The van der Waals surface area contributed by atoms with Crippen LogP contribution < -0.4 is 11.0 Å². The van der Waals surface area contributed by atoms with E-state index in [1.165, 1.54) is 12.1 Å². The monoisotopic (exact) mass is 386 g/mol. The molecule has 1 atom stereocenters. The Morgan fingerprint density at radius 2 is 1.90 bits per heavy atom. The van der Waals surface area contributed by atoms with E-state index in [0.29, 0.717) is 11.4 Å². The summed E-state index contributed by atoms with van der Waals surface area (Å²) in [6.45, 7) is 0. The van der Waals surface area contributed by atoms with Gasteiger partial charge in [-0.2, -0.15) is 5.53 Å². The standard InChI is InChI=1S/C14H13FIN3O/c15-11-7-5-10(6-8-11)14(9-16)20-19-13-4-2-1-3-12(13)18-17/h1-8,14,17,19H,9H2/p+1. The lowest BCUT2D eigenvalue weighted by Crippen LogP contribution is -2.22. The summed E-state index contributed by atoms with van der Waals surface area (Å²) < 4.78 is 13.6. The van der Waals surface area contributed by atoms with Gasteiger partial charge in [0, 0.05) is 4.43 Å². The van der Waals surface area contributed by atoms with Crippen molar-refractivity contribution in [1.82, 2.24) is 0 Å². The smallest absolute Gasteiger partial charge is 0.155 e. The van der Waals surface area contributed by atoms with E-state index in [1.807, 2.05) is 18.2 Å². The molecule has 0 spiro atoms. The molecule has 0 aliphatic carbocycles. The van der Waals surface area contributed by atoms with Crippen molar-refractivity contribution in [3.8, 4) is 0 Å². The molecule has 2 rings (SSSR count). The van der Waals surface area contributed by atoms with Gasteiger partial charge in [0.05, 0.1) is 5.69 Å². The van der Waals surface area contributed by atoms with E-state index in [0.717, 1.165) is 9.99 Å². The molecule has 0 heterocycles. The second-order valence-corrected chi connectivity index (χ2v) is 4.94. The highest BCUT2D eigenvalue weighted by Crippen LogP contribution is 2.26. The van der Waals surface area contributed by atoms with Crippen LogP contribution in [0.2, 0.25) is 0 Å². The van der Waals surface area contributed by atoms with Crippen LogP contribution in [-0.4, -0.2) is 4.43 Å². The second kappa shape index (κ2) is 7.30. The van der Waals surface area contributed by atoms with Crippen molar-refractivity contribution in [1.29, 1.82) is 0 Å².